The van der Waals surface area contributed by atoms with E-state index in [4.69, 9.17) is 4.74 Å². The molecule has 2 rings (SSSR count). The Morgan fingerprint density at radius 2 is 1.96 bits per heavy atom. The lowest BCUT2D eigenvalue weighted by atomic mass is 10.1. The third-order valence-electron chi connectivity index (χ3n) is 3.20. The summed E-state index contributed by atoms with van der Waals surface area (Å²) in [5, 5.41) is 9.60. The molecule has 0 spiro atoms. The predicted molar refractivity (Wildman–Crippen MR) is 95.5 cm³/mol. The molecule has 0 amide bonds. The fourth-order valence-electron chi connectivity index (χ4n) is 2.14. The van der Waals surface area contributed by atoms with Gasteiger partial charge < -0.3 is 4.74 Å². The third kappa shape index (κ3) is 4.36. The summed E-state index contributed by atoms with van der Waals surface area (Å²) in [5.41, 5.74) is 2.33. The van der Waals surface area contributed by atoms with Gasteiger partial charge in [0.1, 0.15) is 18.2 Å². The minimum absolute atomic E-state index is 0.145. The number of rotatable bonds is 5. The summed E-state index contributed by atoms with van der Waals surface area (Å²) in [6, 6.07) is 11.8. The molecule has 0 fully saturated rings. The first-order valence-corrected chi connectivity index (χ1v) is 8.43. The van der Waals surface area contributed by atoms with E-state index in [0.29, 0.717) is 28.3 Å². The average Bonchev–Trinajstić information content (AvgIpc) is 2.52. The van der Waals surface area contributed by atoms with Crippen molar-refractivity contribution < 1.29 is 9.53 Å². The summed E-state index contributed by atoms with van der Waals surface area (Å²) >= 11 is 1.48. The maximum absolute atomic E-state index is 11.5. The van der Waals surface area contributed by atoms with Gasteiger partial charge in [0.15, 0.2) is 6.29 Å². The number of carbonyl (C=O) groups excluding carboxylic acids is 1. The van der Waals surface area contributed by atoms with Crippen LogP contribution in [0, 0.1) is 18.3 Å². The highest BCUT2D eigenvalue weighted by atomic mass is 32.2. The molecular weight excluding hydrogens is 320 g/mol. The van der Waals surface area contributed by atoms with Gasteiger partial charge in [-0.3, -0.25) is 4.79 Å². The fourth-order valence-corrected chi connectivity index (χ4v) is 3.30. The number of ether oxygens (including phenoxy) is 1. The summed E-state index contributed by atoms with van der Waals surface area (Å²) in [7, 11) is 0. The van der Waals surface area contributed by atoms with Gasteiger partial charge in [0.25, 0.3) is 0 Å². The lowest BCUT2D eigenvalue weighted by molar-refractivity contribution is 0.111. The van der Waals surface area contributed by atoms with E-state index >= 15 is 0 Å². The van der Waals surface area contributed by atoms with Gasteiger partial charge >= 0.3 is 0 Å². The molecule has 0 aliphatic carbocycles. The van der Waals surface area contributed by atoms with Gasteiger partial charge in [0, 0.05) is 9.64 Å². The average molecular weight is 340 g/mol. The van der Waals surface area contributed by atoms with Crippen LogP contribution in [0.1, 0.15) is 48.0 Å². The van der Waals surface area contributed by atoms with Gasteiger partial charge in [-0.05, 0) is 12.5 Å². The van der Waals surface area contributed by atoms with E-state index in [-0.39, 0.29) is 10.6 Å². The number of aldehydes is 1. The molecule has 0 unspecified atom stereocenters. The van der Waals surface area contributed by atoms with Gasteiger partial charge in [0.2, 0.25) is 5.88 Å². The van der Waals surface area contributed by atoms with Crippen molar-refractivity contribution in [3.05, 3.63) is 52.7 Å². The Hall–Kier alpha value is -2.32. The molecular formula is C19H20N2O2S. The normalized spacial score (nSPS) is 11.0. The largest absolute Gasteiger partial charge is 0.472 e. The second-order valence-corrected chi connectivity index (χ2v) is 8.18. The van der Waals surface area contributed by atoms with Gasteiger partial charge in [0.05, 0.1) is 11.3 Å². The van der Waals surface area contributed by atoms with E-state index in [1.54, 1.807) is 6.92 Å². The zero-order chi connectivity index (χ0) is 17.7. The van der Waals surface area contributed by atoms with Gasteiger partial charge in [-0.25, -0.2) is 4.98 Å². The second kappa shape index (κ2) is 7.50. The van der Waals surface area contributed by atoms with E-state index in [2.05, 4.69) is 11.1 Å². The van der Waals surface area contributed by atoms with Gasteiger partial charge in [-0.2, -0.15) is 5.26 Å². The molecule has 0 aliphatic rings. The highest BCUT2D eigenvalue weighted by molar-refractivity contribution is 8.00. The van der Waals surface area contributed by atoms with E-state index in [0.717, 1.165) is 11.8 Å². The van der Waals surface area contributed by atoms with E-state index in [1.807, 2.05) is 51.1 Å². The van der Waals surface area contributed by atoms with Crippen LogP contribution in [0.5, 0.6) is 5.88 Å². The van der Waals surface area contributed by atoms with Crippen molar-refractivity contribution in [1.82, 2.24) is 4.98 Å². The Morgan fingerprint density at radius 3 is 2.50 bits per heavy atom. The molecule has 5 heteroatoms. The number of pyridine rings is 1. The molecule has 0 saturated heterocycles. The molecule has 0 aliphatic heterocycles. The minimum atomic E-state index is -0.145. The topological polar surface area (TPSA) is 63.0 Å². The van der Waals surface area contributed by atoms with Crippen LogP contribution in [0.3, 0.4) is 0 Å². The van der Waals surface area contributed by atoms with Crippen molar-refractivity contribution in [2.75, 3.05) is 0 Å². The number of thioether (sulfide) groups is 1. The van der Waals surface area contributed by atoms with Crippen LogP contribution in [0.25, 0.3) is 0 Å². The van der Waals surface area contributed by atoms with Crippen molar-refractivity contribution in [1.29, 1.82) is 5.26 Å². The third-order valence-corrected chi connectivity index (χ3v) is 4.44. The summed E-state index contributed by atoms with van der Waals surface area (Å²) in [6.07, 6.45) is 0.762. The maximum atomic E-state index is 11.5. The molecule has 124 valence electrons. The molecule has 2 aromatic rings. The number of benzene rings is 1. The molecule has 4 nitrogen and oxygen atoms in total. The Balaban J connectivity index is 2.44. The first-order valence-electron chi connectivity index (χ1n) is 7.61. The number of hydrogen-bond donors (Lipinski definition) is 0. The SMILES string of the molecule is Cc1nc(OCc2ccccc2)c(C#N)c(SC(C)(C)C)c1C=O. The Labute approximate surface area is 146 Å². The molecule has 0 saturated carbocycles. The zero-order valence-electron chi connectivity index (χ0n) is 14.3. The molecule has 0 bridgehead atoms. The van der Waals surface area contributed by atoms with Crippen LogP contribution in [0.15, 0.2) is 35.2 Å². The zero-order valence-corrected chi connectivity index (χ0v) is 15.1. The molecule has 1 aromatic heterocycles. The lowest BCUT2D eigenvalue weighted by Gasteiger charge is -2.21. The quantitative estimate of drug-likeness (QED) is 0.590. The van der Waals surface area contributed by atoms with Crippen LogP contribution < -0.4 is 4.74 Å². The Morgan fingerprint density at radius 1 is 1.29 bits per heavy atom. The standard InChI is InChI=1S/C19H20N2O2S/c1-13-16(11-22)17(24-19(2,3)4)15(10-20)18(21-13)23-12-14-8-6-5-7-9-14/h5-9,11H,12H2,1-4H3. The number of aromatic nitrogens is 1. The number of aryl methyl sites for hydroxylation is 1. The predicted octanol–water partition coefficient (Wildman–Crippen LogP) is 4.54. The first kappa shape index (κ1) is 18.0. The van der Waals surface area contributed by atoms with Gasteiger partial charge in [-0.1, -0.05) is 51.1 Å². The van der Waals surface area contributed by atoms with Crippen molar-refractivity contribution in [2.24, 2.45) is 0 Å². The lowest BCUT2D eigenvalue weighted by Crippen LogP contribution is -2.11. The van der Waals surface area contributed by atoms with Crippen LogP contribution in [-0.4, -0.2) is 16.0 Å². The van der Waals surface area contributed by atoms with Crippen molar-refractivity contribution >= 4 is 18.0 Å². The molecule has 24 heavy (non-hydrogen) atoms. The first-order chi connectivity index (χ1) is 11.4. The van der Waals surface area contributed by atoms with Crippen LogP contribution in [0.4, 0.5) is 0 Å². The Bertz CT molecular complexity index is 775. The number of nitrogens with zero attached hydrogens (tertiary/aromatic N) is 2. The summed E-state index contributed by atoms with van der Waals surface area (Å²) < 4.78 is 5.64. The highest BCUT2D eigenvalue weighted by Gasteiger charge is 2.24. The maximum Gasteiger partial charge on any atom is 0.233 e. The van der Waals surface area contributed by atoms with E-state index in [9.17, 15) is 10.1 Å². The molecule has 0 atom stereocenters. The monoisotopic (exact) mass is 340 g/mol. The number of hydrogen-bond acceptors (Lipinski definition) is 5. The van der Waals surface area contributed by atoms with Crippen LogP contribution in [-0.2, 0) is 6.61 Å². The van der Waals surface area contributed by atoms with E-state index < -0.39 is 0 Å². The number of nitriles is 1. The van der Waals surface area contributed by atoms with Crippen LogP contribution in [0.2, 0.25) is 0 Å². The molecule has 1 heterocycles. The summed E-state index contributed by atoms with van der Waals surface area (Å²) in [5.74, 6) is 0.274. The van der Waals surface area contributed by atoms with Crippen molar-refractivity contribution in [2.45, 2.75) is 43.9 Å². The Kier molecular flexibility index (Phi) is 5.63. The molecule has 0 radical (unpaired) electrons. The minimum Gasteiger partial charge on any atom is -0.472 e. The van der Waals surface area contributed by atoms with Crippen molar-refractivity contribution in [3.8, 4) is 11.9 Å². The van der Waals surface area contributed by atoms with E-state index in [1.165, 1.54) is 11.8 Å². The fraction of sp³-hybridized carbons (Fsp3) is 0.316. The summed E-state index contributed by atoms with van der Waals surface area (Å²) in [6.45, 7) is 8.18. The molecule has 1 aromatic carbocycles. The summed E-state index contributed by atoms with van der Waals surface area (Å²) in [4.78, 5) is 16.5. The smallest absolute Gasteiger partial charge is 0.233 e. The van der Waals surface area contributed by atoms with Crippen LogP contribution >= 0.6 is 11.8 Å². The highest BCUT2D eigenvalue weighted by Crippen LogP contribution is 2.39. The molecule has 0 N–H and O–H groups in total. The van der Waals surface area contributed by atoms with Gasteiger partial charge in [-0.15, -0.1) is 11.8 Å². The number of carbonyl (C=O) groups is 1. The second-order valence-electron chi connectivity index (χ2n) is 6.34. The van der Waals surface area contributed by atoms with Crippen molar-refractivity contribution in [3.63, 3.8) is 0 Å².